The number of phenolic OH excluding ortho intramolecular Hbond substituents is 1. The number of nitrogens with one attached hydrogen (secondary N) is 1. The van der Waals surface area contributed by atoms with Gasteiger partial charge in [0, 0.05) is 17.8 Å². The van der Waals surface area contributed by atoms with Crippen molar-refractivity contribution in [2.75, 3.05) is 7.05 Å². The van der Waals surface area contributed by atoms with Crippen LogP contribution in [0.4, 0.5) is 0 Å². The molecular weight excluding hydrogens is 328 g/mol. The van der Waals surface area contributed by atoms with E-state index in [-0.39, 0.29) is 11.9 Å². The maximum Gasteiger partial charge on any atom is 0.150 e. The molecule has 0 aliphatic rings. The Hall–Kier alpha value is -2.66. The van der Waals surface area contributed by atoms with Gasteiger partial charge in [0.15, 0.2) is 0 Å². The van der Waals surface area contributed by atoms with Gasteiger partial charge in [-0.05, 0) is 70.1 Å². The second-order valence-electron chi connectivity index (χ2n) is 6.16. The zero-order chi connectivity index (χ0) is 19.4. The summed E-state index contributed by atoms with van der Waals surface area (Å²) in [5, 5.41) is 11.9. The highest BCUT2D eigenvalue weighted by Gasteiger charge is 1.98. The van der Waals surface area contributed by atoms with Crippen LogP contribution in [0.5, 0.6) is 11.5 Å². The Kier molecular flexibility index (Phi) is 9.72. The molecule has 26 heavy (non-hydrogen) atoms. The molecule has 0 radical (unpaired) electrons. The van der Waals surface area contributed by atoms with Gasteiger partial charge in [-0.25, -0.2) is 0 Å². The molecule has 2 N–H and O–H groups in total. The predicted octanol–water partition coefficient (Wildman–Crippen LogP) is 4.08. The summed E-state index contributed by atoms with van der Waals surface area (Å²) in [7, 11) is 1.97. The summed E-state index contributed by atoms with van der Waals surface area (Å²) in [5.41, 5.74) is 1.65. The first-order chi connectivity index (χ1) is 12.4. The SMILES string of the molecule is CN[C@@H](C)C/C=C/c1cncc(OC(C)C)c1.O=Cc1ccc(O)cc1. The summed E-state index contributed by atoms with van der Waals surface area (Å²) < 4.78 is 5.59. The summed E-state index contributed by atoms with van der Waals surface area (Å²) in [6.07, 6.45) is 9.73. The van der Waals surface area contributed by atoms with Crippen LogP contribution in [-0.4, -0.2) is 35.6 Å². The van der Waals surface area contributed by atoms with Gasteiger partial charge in [-0.1, -0.05) is 12.2 Å². The van der Waals surface area contributed by atoms with Gasteiger partial charge in [0.25, 0.3) is 0 Å². The number of phenols is 1. The van der Waals surface area contributed by atoms with E-state index < -0.39 is 0 Å². The van der Waals surface area contributed by atoms with Crippen LogP contribution in [0.25, 0.3) is 6.08 Å². The second-order valence-corrected chi connectivity index (χ2v) is 6.16. The number of aromatic hydroxyl groups is 1. The molecule has 1 heterocycles. The quantitative estimate of drug-likeness (QED) is 0.731. The molecule has 0 unspecified atom stereocenters. The van der Waals surface area contributed by atoms with Crippen LogP contribution < -0.4 is 10.1 Å². The summed E-state index contributed by atoms with van der Waals surface area (Å²) in [5.74, 6) is 1.00. The Morgan fingerprint density at radius 3 is 2.42 bits per heavy atom. The molecule has 1 atom stereocenters. The largest absolute Gasteiger partial charge is 0.508 e. The molecular formula is C21H28N2O3. The number of rotatable bonds is 7. The number of aromatic nitrogens is 1. The third-order valence-electron chi connectivity index (χ3n) is 3.43. The van der Waals surface area contributed by atoms with E-state index in [2.05, 4.69) is 29.4 Å². The number of hydrogen-bond acceptors (Lipinski definition) is 5. The topological polar surface area (TPSA) is 71.5 Å². The second kappa shape index (κ2) is 11.8. The van der Waals surface area contributed by atoms with Crippen molar-refractivity contribution in [1.82, 2.24) is 10.3 Å². The highest BCUT2D eigenvalue weighted by Crippen LogP contribution is 2.14. The fourth-order valence-corrected chi connectivity index (χ4v) is 1.94. The van der Waals surface area contributed by atoms with Gasteiger partial charge < -0.3 is 15.2 Å². The zero-order valence-electron chi connectivity index (χ0n) is 15.8. The Bertz CT molecular complexity index is 682. The van der Waals surface area contributed by atoms with E-state index in [1.165, 1.54) is 12.1 Å². The van der Waals surface area contributed by atoms with E-state index in [1.807, 2.05) is 33.2 Å². The molecule has 0 aliphatic heterocycles. The lowest BCUT2D eigenvalue weighted by atomic mass is 10.2. The fraction of sp³-hybridized carbons (Fsp3) is 0.333. The van der Waals surface area contributed by atoms with Crippen molar-refractivity contribution in [1.29, 1.82) is 0 Å². The lowest BCUT2D eigenvalue weighted by molar-refractivity contribution is 0.112. The summed E-state index contributed by atoms with van der Waals surface area (Å²) >= 11 is 0. The molecule has 0 saturated heterocycles. The Morgan fingerprint density at radius 2 is 1.85 bits per heavy atom. The molecule has 0 amide bonds. The molecule has 5 nitrogen and oxygen atoms in total. The Balaban J connectivity index is 0.000000314. The fourth-order valence-electron chi connectivity index (χ4n) is 1.94. The van der Waals surface area contributed by atoms with Gasteiger partial charge in [0.2, 0.25) is 0 Å². The molecule has 0 bridgehead atoms. The Labute approximate surface area is 155 Å². The lowest BCUT2D eigenvalue weighted by Crippen LogP contribution is -2.19. The molecule has 0 spiro atoms. The molecule has 0 fully saturated rings. The Morgan fingerprint density at radius 1 is 1.15 bits per heavy atom. The van der Waals surface area contributed by atoms with Crippen LogP contribution in [0.2, 0.25) is 0 Å². The zero-order valence-corrected chi connectivity index (χ0v) is 15.8. The number of aldehydes is 1. The number of nitrogens with zero attached hydrogens (tertiary/aromatic N) is 1. The first-order valence-electron chi connectivity index (χ1n) is 8.64. The standard InChI is InChI=1S/C14H22N2O.C7H6O2/c1-11(2)17-14-8-13(9-16-10-14)7-5-6-12(3)15-4;8-5-6-1-3-7(9)4-2-6/h5,7-12,15H,6H2,1-4H3;1-5,9H/b7-5+;/t12-;/m0./s1. The maximum absolute atomic E-state index is 10.0. The van der Waals surface area contributed by atoms with Crippen molar-refractivity contribution in [3.8, 4) is 11.5 Å². The van der Waals surface area contributed by atoms with E-state index in [1.54, 1.807) is 18.3 Å². The minimum atomic E-state index is 0.181. The molecule has 0 aliphatic carbocycles. The van der Waals surface area contributed by atoms with Gasteiger partial charge in [-0.2, -0.15) is 0 Å². The summed E-state index contributed by atoms with van der Waals surface area (Å²) in [6.45, 7) is 6.18. The third kappa shape index (κ3) is 8.99. The first kappa shape index (κ1) is 21.4. The molecule has 1 aromatic heterocycles. The van der Waals surface area contributed by atoms with Crippen molar-refractivity contribution in [3.63, 3.8) is 0 Å². The van der Waals surface area contributed by atoms with Gasteiger partial charge in [-0.15, -0.1) is 0 Å². The number of hydrogen-bond donors (Lipinski definition) is 2. The average Bonchev–Trinajstić information content (AvgIpc) is 2.62. The van der Waals surface area contributed by atoms with Crippen molar-refractivity contribution >= 4 is 12.4 Å². The van der Waals surface area contributed by atoms with Gasteiger partial charge >= 0.3 is 0 Å². The lowest BCUT2D eigenvalue weighted by Gasteiger charge is -2.09. The van der Waals surface area contributed by atoms with E-state index in [4.69, 9.17) is 9.84 Å². The highest BCUT2D eigenvalue weighted by atomic mass is 16.5. The van der Waals surface area contributed by atoms with Crippen LogP contribution in [0.15, 0.2) is 48.8 Å². The van der Waals surface area contributed by atoms with Crippen LogP contribution in [-0.2, 0) is 0 Å². The van der Waals surface area contributed by atoms with Crippen LogP contribution >= 0.6 is 0 Å². The van der Waals surface area contributed by atoms with Crippen LogP contribution in [0, 0.1) is 0 Å². The maximum atomic E-state index is 10.0. The first-order valence-corrected chi connectivity index (χ1v) is 8.64. The summed E-state index contributed by atoms with van der Waals surface area (Å²) in [6, 6.07) is 8.57. The van der Waals surface area contributed by atoms with Crippen LogP contribution in [0.1, 0.15) is 43.1 Å². The minimum absolute atomic E-state index is 0.181. The number of carbonyl (C=O) groups excluding carboxylic acids is 1. The van der Waals surface area contributed by atoms with Gasteiger partial charge in [0.1, 0.15) is 17.8 Å². The van der Waals surface area contributed by atoms with Crippen molar-refractivity contribution in [2.24, 2.45) is 0 Å². The number of pyridine rings is 1. The van der Waals surface area contributed by atoms with Gasteiger partial charge in [0.05, 0.1) is 12.3 Å². The van der Waals surface area contributed by atoms with Gasteiger partial charge in [-0.3, -0.25) is 9.78 Å². The minimum Gasteiger partial charge on any atom is -0.508 e. The molecule has 0 saturated carbocycles. The number of ether oxygens (including phenoxy) is 1. The van der Waals surface area contributed by atoms with Crippen LogP contribution in [0.3, 0.4) is 0 Å². The average molecular weight is 356 g/mol. The van der Waals surface area contributed by atoms with E-state index >= 15 is 0 Å². The normalized spacial score (nSPS) is 11.7. The molecule has 2 aromatic rings. The number of carbonyl (C=O) groups is 1. The molecule has 5 heteroatoms. The molecule has 1 aromatic carbocycles. The van der Waals surface area contributed by atoms with Crippen molar-refractivity contribution in [2.45, 2.75) is 39.3 Å². The highest BCUT2D eigenvalue weighted by molar-refractivity contribution is 5.74. The van der Waals surface area contributed by atoms with E-state index in [9.17, 15) is 4.79 Å². The number of benzene rings is 1. The van der Waals surface area contributed by atoms with Crippen molar-refractivity contribution in [3.05, 3.63) is 59.9 Å². The molecule has 2 rings (SSSR count). The smallest absolute Gasteiger partial charge is 0.150 e. The van der Waals surface area contributed by atoms with E-state index in [0.29, 0.717) is 11.6 Å². The van der Waals surface area contributed by atoms with E-state index in [0.717, 1.165) is 24.0 Å². The van der Waals surface area contributed by atoms with Crippen molar-refractivity contribution < 1.29 is 14.6 Å². The molecule has 140 valence electrons. The third-order valence-corrected chi connectivity index (χ3v) is 3.43. The summed E-state index contributed by atoms with van der Waals surface area (Å²) in [4.78, 5) is 14.2. The predicted molar refractivity (Wildman–Crippen MR) is 106 cm³/mol. The monoisotopic (exact) mass is 356 g/mol.